The summed E-state index contributed by atoms with van der Waals surface area (Å²) in [7, 11) is 0. The fourth-order valence-electron chi connectivity index (χ4n) is 8.20. The van der Waals surface area contributed by atoms with Crippen molar-refractivity contribution in [2.75, 3.05) is 0 Å². The molecule has 0 atom stereocenters. The minimum Gasteiger partial charge on any atom is -0.456 e. The molecule has 51 heavy (non-hydrogen) atoms. The van der Waals surface area contributed by atoms with E-state index in [2.05, 4.69) is 182 Å². The molecule has 11 rings (SSSR count). The molecule has 1 nitrogen and oxygen atoms in total. The molecule has 10 aromatic carbocycles. The zero-order valence-corrected chi connectivity index (χ0v) is 27.7. The highest BCUT2D eigenvalue weighted by molar-refractivity contribution is 6.25. The molecule has 1 aromatic heterocycles. The van der Waals surface area contributed by atoms with Crippen LogP contribution in [-0.2, 0) is 0 Å². The first kappa shape index (κ1) is 28.2. The topological polar surface area (TPSA) is 13.1 Å². The first-order chi connectivity index (χ1) is 25.2. The van der Waals surface area contributed by atoms with Crippen molar-refractivity contribution in [2.24, 2.45) is 0 Å². The molecule has 0 aliphatic rings. The van der Waals surface area contributed by atoms with Crippen LogP contribution in [0.1, 0.15) is 0 Å². The predicted molar refractivity (Wildman–Crippen MR) is 218 cm³/mol. The van der Waals surface area contributed by atoms with Gasteiger partial charge in [-0.15, -0.1) is 0 Å². The molecule has 0 spiro atoms. The molecule has 0 aliphatic heterocycles. The van der Waals surface area contributed by atoms with Crippen molar-refractivity contribution in [1.29, 1.82) is 0 Å². The molecule has 1 heteroatoms. The van der Waals surface area contributed by atoms with Crippen molar-refractivity contribution >= 4 is 75.8 Å². The second kappa shape index (κ2) is 10.9. The van der Waals surface area contributed by atoms with Crippen molar-refractivity contribution < 1.29 is 4.42 Å². The maximum Gasteiger partial charge on any atom is 0.136 e. The Hall–Kier alpha value is -6.70. The summed E-state index contributed by atoms with van der Waals surface area (Å²) in [5.41, 5.74) is 8.95. The number of hydrogen-bond donors (Lipinski definition) is 0. The Bertz CT molecular complexity index is 3160. The van der Waals surface area contributed by atoms with Gasteiger partial charge in [-0.2, -0.15) is 0 Å². The van der Waals surface area contributed by atoms with E-state index in [-0.39, 0.29) is 0 Å². The quantitative estimate of drug-likeness (QED) is 0.174. The Morgan fingerprint density at radius 2 is 0.549 bits per heavy atom. The number of rotatable bonds is 3. The van der Waals surface area contributed by atoms with Crippen LogP contribution in [-0.4, -0.2) is 0 Å². The van der Waals surface area contributed by atoms with Crippen LogP contribution in [0, 0.1) is 0 Å². The van der Waals surface area contributed by atoms with Gasteiger partial charge in [0.1, 0.15) is 11.2 Å². The van der Waals surface area contributed by atoms with Crippen LogP contribution in [0.4, 0.5) is 0 Å². The van der Waals surface area contributed by atoms with Gasteiger partial charge in [-0.3, -0.25) is 0 Å². The lowest BCUT2D eigenvalue weighted by Gasteiger charge is -2.12. The number of fused-ring (bicyclic) bond motifs is 11. The van der Waals surface area contributed by atoms with Gasteiger partial charge in [-0.05, 0) is 136 Å². The maximum absolute atomic E-state index is 6.50. The van der Waals surface area contributed by atoms with Crippen LogP contribution in [0.3, 0.4) is 0 Å². The Balaban J connectivity index is 0.947. The van der Waals surface area contributed by atoms with Gasteiger partial charge in [0.05, 0.1) is 0 Å². The largest absolute Gasteiger partial charge is 0.456 e. The molecular weight excluding hydrogens is 617 g/mol. The zero-order chi connectivity index (χ0) is 33.5. The highest BCUT2D eigenvalue weighted by Gasteiger charge is 2.13. The van der Waals surface area contributed by atoms with Gasteiger partial charge in [-0.25, -0.2) is 0 Å². The first-order valence-electron chi connectivity index (χ1n) is 17.6. The number of furan rings is 1. The molecule has 0 N–H and O–H groups in total. The summed E-state index contributed by atoms with van der Waals surface area (Å²) in [6.45, 7) is 0. The summed E-state index contributed by atoms with van der Waals surface area (Å²) in [5, 5.41) is 15.0. The molecule has 0 saturated carbocycles. The summed E-state index contributed by atoms with van der Waals surface area (Å²) < 4.78 is 6.50. The fourth-order valence-corrected chi connectivity index (χ4v) is 8.20. The molecular formula is C50H30O. The minimum absolute atomic E-state index is 0.908. The van der Waals surface area contributed by atoms with E-state index in [9.17, 15) is 0 Å². The van der Waals surface area contributed by atoms with Gasteiger partial charge in [0.25, 0.3) is 0 Å². The predicted octanol–water partition coefficient (Wildman–Crippen LogP) is 14.4. The van der Waals surface area contributed by atoms with Crippen molar-refractivity contribution in [3.8, 4) is 33.4 Å². The number of hydrogen-bond acceptors (Lipinski definition) is 1. The summed E-state index contributed by atoms with van der Waals surface area (Å²) in [5.74, 6) is 0. The first-order valence-corrected chi connectivity index (χ1v) is 17.6. The molecule has 1 heterocycles. The third-order valence-corrected chi connectivity index (χ3v) is 10.8. The van der Waals surface area contributed by atoms with Crippen LogP contribution < -0.4 is 0 Å². The summed E-state index contributed by atoms with van der Waals surface area (Å²) in [6.07, 6.45) is 0. The van der Waals surface area contributed by atoms with E-state index >= 15 is 0 Å². The van der Waals surface area contributed by atoms with E-state index in [0.29, 0.717) is 0 Å². The Morgan fingerprint density at radius 1 is 0.216 bits per heavy atom. The van der Waals surface area contributed by atoms with Gasteiger partial charge in [0.15, 0.2) is 0 Å². The molecule has 0 bridgehead atoms. The van der Waals surface area contributed by atoms with E-state index < -0.39 is 0 Å². The average Bonchev–Trinajstić information content (AvgIpc) is 3.57. The third-order valence-electron chi connectivity index (χ3n) is 10.8. The second-order valence-electron chi connectivity index (χ2n) is 13.7. The normalized spacial score (nSPS) is 11.9. The van der Waals surface area contributed by atoms with Crippen LogP contribution in [0.5, 0.6) is 0 Å². The van der Waals surface area contributed by atoms with Crippen LogP contribution in [0.2, 0.25) is 0 Å². The molecule has 0 aliphatic carbocycles. The lowest BCUT2D eigenvalue weighted by atomic mass is 9.91. The van der Waals surface area contributed by atoms with Gasteiger partial charge >= 0.3 is 0 Å². The van der Waals surface area contributed by atoms with Gasteiger partial charge in [0, 0.05) is 10.8 Å². The highest BCUT2D eigenvalue weighted by Crippen LogP contribution is 2.39. The third kappa shape index (κ3) is 4.49. The van der Waals surface area contributed by atoms with Gasteiger partial charge in [0.2, 0.25) is 0 Å². The van der Waals surface area contributed by atoms with Crippen molar-refractivity contribution in [3.63, 3.8) is 0 Å². The standard InChI is InChI=1S/C50H30O/c1-2-8-32-25-36(14-13-31(32)7-1)39-20-23-46-47-24-21-40(30-50(47)51-49(46)29-39)37-18-16-33-26-35(17-15-34(33)27-37)38-19-22-45-43-11-4-3-9-41(43)42-10-5-6-12-44(42)48(45)28-38/h1-30H. The summed E-state index contributed by atoms with van der Waals surface area (Å²) in [6, 6.07) is 66.4. The Kier molecular flexibility index (Phi) is 6.02. The zero-order valence-electron chi connectivity index (χ0n) is 27.7. The molecule has 236 valence electrons. The van der Waals surface area contributed by atoms with E-state index in [1.54, 1.807) is 0 Å². The molecule has 0 unspecified atom stereocenters. The van der Waals surface area contributed by atoms with E-state index in [1.807, 2.05) is 0 Å². The average molecular weight is 647 g/mol. The molecule has 0 saturated heterocycles. The van der Waals surface area contributed by atoms with E-state index in [0.717, 1.165) is 33.1 Å². The smallest absolute Gasteiger partial charge is 0.136 e. The fraction of sp³-hybridized carbons (Fsp3) is 0. The Morgan fingerprint density at radius 3 is 1.08 bits per heavy atom. The van der Waals surface area contributed by atoms with Crippen molar-refractivity contribution in [1.82, 2.24) is 0 Å². The molecule has 11 aromatic rings. The van der Waals surface area contributed by atoms with E-state index in [4.69, 9.17) is 4.42 Å². The summed E-state index contributed by atoms with van der Waals surface area (Å²) in [4.78, 5) is 0. The Labute approximate surface area is 294 Å². The number of benzene rings is 10. The van der Waals surface area contributed by atoms with Gasteiger partial charge < -0.3 is 4.42 Å². The van der Waals surface area contributed by atoms with Crippen LogP contribution in [0.25, 0.3) is 109 Å². The summed E-state index contributed by atoms with van der Waals surface area (Å²) >= 11 is 0. The lowest BCUT2D eigenvalue weighted by molar-refractivity contribution is 0.669. The van der Waals surface area contributed by atoms with Gasteiger partial charge in [-0.1, -0.05) is 133 Å². The molecule has 0 amide bonds. The van der Waals surface area contributed by atoms with Crippen LogP contribution >= 0.6 is 0 Å². The van der Waals surface area contributed by atoms with Crippen LogP contribution in [0.15, 0.2) is 186 Å². The minimum atomic E-state index is 0.908. The highest BCUT2D eigenvalue weighted by atomic mass is 16.3. The molecule has 0 fully saturated rings. The lowest BCUT2D eigenvalue weighted by Crippen LogP contribution is -1.85. The second-order valence-corrected chi connectivity index (χ2v) is 13.7. The SMILES string of the molecule is c1ccc2cc(-c3ccc4c(c3)oc3cc(-c5ccc6cc(-c7ccc8c9ccccc9c9ccccc9c8c7)ccc6c5)ccc34)ccc2c1. The maximum atomic E-state index is 6.50. The monoisotopic (exact) mass is 646 g/mol. The van der Waals surface area contributed by atoms with Crippen molar-refractivity contribution in [3.05, 3.63) is 182 Å². The van der Waals surface area contributed by atoms with E-state index in [1.165, 1.54) is 76.1 Å². The molecule has 0 radical (unpaired) electrons. The van der Waals surface area contributed by atoms with Crippen molar-refractivity contribution in [2.45, 2.75) is 0 Å².